The highest BCUT2D eigenvalue weighted by atomic mass is 19.4. The Morgan fingerprint density at radius 1 is 1.24 bits per heavy atom. The largest absolute Gasteiger partial charge is 0.468 e. The van der Waals surface area contributed by atoms with E-state index in [9.17, 15) is 18.0 Å². The summed E-state index contributed by atoms with van der Waals surface area (Å²) in [6, 6.07) is 0. The lowest BCUT2D eigenvalue weighted by atomic mass is 10.0. The minimum atomic E-state index is -4.52. The fourth-order valence-electron chi connectivity index (χ4n) is 3.52. The van der Waals surface area contributed by atoms with Crippen LogP contribution in [0.25, 0.3) is 11.3 Å². The van der Waals surface area contributed by atoms with Crippen molar-refractivity contribution >= 4 is 5.91 Å². The van der Waals surface area contributed by atoms with Gasteiger partial charge in [0.15, 0.2) is 6.61 Å². The third-order valence-corrected chi connectivity index (χ3v) is 4.56. The molecule has 1 fully saturated rings. The number of hydrogen-bond donors (Lipinski definition) is 0. The highest BCUT2D eigenvalue weighted by molar-refractivity contribution is 6.01. The molecule has 0 unspecified atom stereocenters. The number of halogens is 3. The molecule has 1 amide bonds. The Bertz CT molecular complexity index is 896. The molecular weight excluding hydrogens is 393 g/mol. The third-order valence-electron chi connectivity index (χ3n) is 4.56. The number of amides is 1. The van der Waals surface area contributed by atoms with Crippen molar-refractivity contribution in [2.75, 3.05) is 19.7 Å². The van der Waals surface area contributed by atoms with Gasteiger partial charge in [-0.15, -0.1) is 0 Å². The molecule has 2 aromatic rings. The summed E-state index contributed by atoms with van der Waals surface area (Å²) < 4.78 is 55.1. The van der Waals surface area contributed by atoms with E-state index in [0.29, 0.717) is 18.8 Å². The molecule has 2 atom stereocenters. The van der Waals surface area contributed by atoms with Gasteiger partial charge in [0.25, 0.3) is 5.91 Å². The molecule has 11 heteroatoms. The first-order chi connectivity index (χ1) is 13.5. The lowest BCUT2D eigenvalue weighted by Gasteiger charge is -2.35. The minimum absolute atomic E-state index is 0.113. The Kier molecular flexibility index (Phi) is 5.61. The number of carbonyl (C=O) groups is 1. The van der Waals surface area contributed by atoms with Gasteiger partial charge >= 0.3 is 6.18 Å². The Labute approximate surface area is 165 Å². The zero-order valence-electron chi connectivity index (χ0n) is 16.8. The van der Waals surface area contributed by atoms with Gasteiger partial charge in [0.05, 0.1) is 23.5 Å². The van der Waals surface area contributed by atoms with Gasteiger partial charge in [0.1, 0.15) is 17.0 Å². The number of alkyl halides is 3. The van der Waals surface area contributed by atoms with Crippen molar-refractivity contribution in [3.63, 3.8) is 0 Å². The molecule has 1 aliphatic rings. The number of aryl methyl sites for hydroxylation is 3. The highest BCUT2D eigenvalue weighted by Crippen LogP contribution is 2.37. The van der Waals surface area contributed by atoms with E-state index in [0.717, 1.165) is 0 Å². The lowest BCUT2D eigenvalue weighted by Crippen LogP contribution is -2.48. The number of rotatable bonds is 4. The van der Waals surface area contributed by atoms with E-state index in [2.05, 4.69) is 10.3 Å². The fourth-order valence-corrected chi connectivity index (χ4v) is 3.52. The van der Waals surface area contributed by atoms with E-state index in [1.165, 1.54) is 11.7 Å². The van der Waals surface area contributed by atoms with Crippen LogP contribution >= 0.6 is 0 Å². The van der Waals surface area contributed by atoms with Crippen molar-refractivity contribution in [2.24, 2.45) is 7.05 Å². The van der Waals surface area contributed by atoms with Gasteiger partial charge in [0, 0.05) is 20.1 Å². The molecule has 3 rings (SSSR count). The number of morpholine rings is 1. The molecule has 0 radical (unpaired) electrons. The van der Waals surface area contributed by atoms with Crippen molar-refractivity contribution in [1.82, 2.24) is 19.8 Å². The van der Waals surface area contributed by atoms with Gasteiger partial charge < -0.3 is 18.9 Å². The first-order valence-corrected chi connectivity index (χ1v) is 9.12. The fraction of sp³-hybridized carbons (Fsp3) is 0.611. The maximum absolute atomic E-state index is 13.2. The van der Waals surface area contributed by atoms with Crippen molar-refractivity contribution < 1.29 is 32.0 Å². The van der Waals surface area contributed by atoms with Crippen molar-refractivity contribution in [2.45, 2.75) is 46.1 Å². The first-order valence-electron chi connectivity index (χ1n) is 9.12. The van der Waals surface area contributed by atoms with E-state index in [-0.39, 0.29) is 46.6 Å². The molecule has 2 aromatic heterocycles. The number of aromatic nitrogens is 3. The quantitative estimate of drug-likeness (QED) is 0.762. The monoisotopic (exact) mass is 416 g/mol. The highest BCUT2D eigenvalue weighted by Gasteiger charge is 2.35. The van der Waals surface area contributed by atoms with E-state index >= 15 is 0 Å². The molecule has 0 aromatic carbocycles. The Balaban J connectivity index is 2.01. The van der Waals surface area contributed by atoms with Crippen LogP contribution in [0.5, 0.6) is 5.88 Å². The molecule has 1 aliphatic heterocycles. The maximum atomic E-state index is 13.2. The van der Waals surface area contributed by atoms with Crippen LogP contribution in [0.15, 0.2) is 4.52 Å². The molecule has 3 heterocycles. The summed E-state index contributed by atoms with van der Waals surface area (Å²) in [6.45, 7) is 6.20. The molecule has 0 aliphatic carbocycles. The van der Waals surface area contributed by atoms with Crippen LogP contribution in [-0.2, 0) is 11.8 Å². The van der Waals surface area contributed by atoms with Crippen LogP contribution in [0.4, 0.5) is 13.2 Å². The molecule has 0 spiro atoms. The molecule has 0 N–H and O–H groups in total. The summed E-state index contributed by atoms with van der Waals surface area (Å²) in [5.74, 6) is -0.196. The Hall–Kier alpha value is -2.56. The molecule has 160 valence electrons. The van der Waals surface area contributed by atoms with Crippen molar-refractivity contribution in [3.8, 4) is 17.1 Å². The predicted octanol–water partition coefficient (Wildman–Crippen LogP) is 2.88. The van der Waals surface area contributed by atoms with Crippen molar-refractivity contribution in [1.29, 1.82) is 0 Å². The second kappa shape index (κ2) is 7.69. The van der Waals surface area contributed by atoms with Crippen LogP contribution in [0.1, 0.15) is 35.7 Å². The topological polar surface area (TPSA) is 82.6 Å². The van der Waals surface area contributed by atoms with E-state index in [4.69, 9.17) is 14.0 Å². The smallest absolute Gasteiger partial charge is 0.422 e. The normalized spacial score (nSPS) is 20.2. The molecular formula is C18H23F3N4O4. The number of nitrogens with zero attached hydrogens (tertiary/aromatic N) is 4. The van der Waals surface area contributed by atoms with Gasteiger partial charge in [0.2, 0.25) is 5.88 Å². The minimum Gasteiger partial charge on any atom is -0.468 e. The van der Waals surface area contributed by atoms with Crippen LogP contribution in [-0.4, -0.2) is 63.8 Å². The molecule has 29 heavy (non-hydrogen) atoms. The Morgan fingerprint density at radius 2 is 1.86 bits per heavy atom. The van der Waals surface area contributed by atoms with Gasteiger partial charge in [-0.05, 0) is 27.7 Å². The van der Waals surface area contributed by atoms with E-state index in [1.54, 1.807) is 18.7 Å². The predicted molar refractivity (Wildman–Crippen MR) is 95.6 cm³/mol. The summed E-state index contributed by atoms with van der Waals surface area (Å²) in [5.41, 5.74) is 0.864. The molecule has 1 saturated heterocycles. The third kappa shape index (κ3) is 4.39. The van der Waals surface area contributed by atoms with Crippen LogP contribution < -0.4 is 4.74 Å². The summed E-state index contributed by atoms with van der Waals surface area (Å²) >= 11 is 0. The molecule has 0 saturated carbocycles. The Morgan fingerprint density at radius 3 is 2.45 bits per heavy atom. The summed E-state index contributed by atoms with van der Waals surface area (Å²) in [4.78, 5) is 14.9. The zero-order chi connectivity index (χ0) is 21.5. The lowest BCUT2D eigenvalue weighted by molar-refractivity contribution is -0.154. The van der Waals surface area contributed by atoms with Gasteiger partial charge in [-0.3, -0.25) is 4.79 Å². The molecule has 0 bridgehead atoms. The van der Waals surface area contributed by atoms with Gasteiger partial charge in [-0.25, -0.2) is 4.68 Å². The van der Waals surface area contributed by atoms with Gasteiger partial charge in [-0.1, -0.05) is 5.16 Å². The zero-order valence-corrected chi connectivity index (χ0v) is 16.8. The van der Waals surface area contributed by atoms with Crippen LogP contribution in [0.2, 0.25) is 0 Å². The first kappa shape index (κ1) is 21.2. The summed E-state index contributed by atoms with van der Waals surface area (Å²) in [5, 5.41) is 8.08. The summed E-state index contributed by atoms with van der Waals surface area (Å²) in [7, 11) is 1.46. The van der Waals surface area contributed by atoms with E-state index in [1.807, 2.05) is 13.8 Å². The van der Waals surface area contributed by atoms with Crippen molar-refractivity contribution in [3.05, 3.63) is 17.0 Å². The number of carbonyl (C=O) groups excluding carboxylic acids is 1. The second-order valence-corrected chi connectivity index (χ2v) is 7.22. The number of hydrogen-bond acceptors (Lipinski definition) is 6. The van der Waals surface area contributed by atoms with Crippen LogP contribution in [0.3, 0.4) is 0 Å². The number of ether oxygens (including phenoxy) is 2. The standard InChI is InChI=1S/C18H23F3N4O4/c1-9-6-25(7-10(2)28-9)16(26)14-12(4)29-23-15(14)13-11(3)22-24(5)17(13)27-8-18(19,20)21/h9-10H,6-8H2,1-5H3/t9-,10+. The second-order valence-electron chi connectivity index (χ2n) is 7.22. The average molecular weight is 416 g/mol. The van der Waals surface area contributed by atoms with Crippen LogP contribution in [0, 0.1) is 13.8 Å². The SMILES string of the molecule is Cc1nn(C)c(OCC(F)(F)F)c1-c1noc(C)c1C(=O)N1C[C@@H](C)O[C@@H](C)C1. The average Bonchev–Trinajstić information content (AvgIpc) is 3.09. The van der Waals surface area contributed by atoms with Gasteiger partial charge in [-0.2, -0.15) is 18.3 Å². The molecule has 8 nitrogen and oxygen atoms in total. The maximum Gasteiger partial charge on any atom is 0.422 e. The summed E-state index contributed by atoms with van der Waals surface area (Å²) in [6.07, 6.45) is -4.80. The van der Waals surface area contributed by atoms with E-state index < -0.39 is 12.8 Å².